The molecule has 1 saturated carbocycles. The number of hydrogen-bond acceptors (Lipinski definition) is 2. The van der Waals surface area contributed by atoms with E-state index in [0.29, 0.717) is 6.04 Å². The molecule has 0 radical (unpaired) electrons. The van der Waals surface area contributed by atoms with Gasteiger partial charge in [-0.1, -0.05) is 37.3 Å². The van der Waals surface area contributed by atoms with Crippen LogP contribution in [0.2, 0.25) is 0 Å². The molecule has 3 rings (SSSR count). The number of benzene rings is 1. The van der Waals surface area contributed by atoms with Crippen molar-refractivity contribution in [2.24, 2.45) is 0 Å². The first kappa shape index (κ1) is 10.4. The first-order valence-corrected chi connectivity index (χ1v) is 6.14. The Bertz CT molecular complexity index is 512. The van der Waals surface area contributed by atoms with Gasteiger partial charge in [0.05, 0.1) is 12.0 Å². The SMILES string of the molecule is CC(c1ccccc1)c1ncn(C2CC2)c1N. The van der Waals surface area contributed by atoms with Crippen molar-refractivity contribution in [1.29, 1.82) is 0 Å². The molecule has 0 aliphatic heterocycles. The molecule has 1 aromatic carbocycles. The molecule has 1 atom stereocenters. The summed E-state index contributed by atoms with van der Waals surface area (Å²) in [6.07, 6.45) is 4.36. The molecular weight excluding hydrogens is 210 g/mol. The normalized spacial score (nSPS) is 17.0. The minimum Gasteiger partial charge on any atom is -0.384 e. The summed E-state index contributed by atoms with van der Waals surface area (Å²) < 4.78 is 2.12. The fourth-order valence-corrected chi connectivity index (χ4v) is 2.26. The lowest BCUT2D eigenvalue weighted by Crippen LogP contribution is -2.04. The highest BCUT2D eigenvalue weighted by atomic mass is 15.2. The summed E-state index contributed by atoms with van der Waals surface area (Å²) in [6, 6.07) is 11.0. The zero-order chi connectivity index (χ0) is 11.8. The number of aromatic nitrogens is 2. The number of nitrogens with two attached hydrogens (primary N) is 1. The molecule has 0 amide bonds. The molecule has 1 aliphatic rings. The summed E-state index contributed by atoms with van der Waals surface area (Å²) in [5.74, 6) is 1.10. The zero-order valence-corrected chi connectivity index (χ0v) is 10.0. The Balaban J connectivity index is 1.93. The van der Waals surface area contributed by atoms with Crippen LogP contribution in [0.4, 0.5) is 5.82 Å². The Morgan fingerprint density at radius 3 is 2.65 bits per heavy atom. The lowest BCUT2D eigenvalue weighted by Gasteiger charge is -2.11. The second kappa shape index (κ2) is 3.91. The van der Waals surface area contributed by atoms with Crippen LogP contribution in [-0.2, 0) is 0 Å². The minimum absolute atomic E-state index is 0.260. The smallest absolute Gasteiger partial charge is 0.127 e. The second-order valence-corrected chi connectivity index (χ2v) is 4.79. The predicted molar refractivity (Wildman–Crippen MR) is 68.9 cm³/mol. The molecule has 0 spiro atoms. The van der Waals surface area contributed by atoms with Crippen molar-refractivity contribution in [1.82, 2.24) is 9.55 Å². The van der Waals surface area contributed by atoms with Crippen LogP contribution < -0.4 is 5.73 Å². The van der Waals surface area contributed by atoms with Gasteiger partial charge in [0.1, 0.15) is 5.82 Å². The van der Waals surface area contributed by atoms with Gasteiger partial charge in [-0.25, -0.2) is 4.98 Å². The van der Waals surface area contributed by atoms with Gasteiger partial charge in [-0.05, 0) is 18.4 Å². The molecule has 0 saturated heterocycles. The maximum absolute atomic E-state index is 6.18. The Morgan fingerprint density at radius 2 is 2.00 bits per heavy atom. The summed E-state index contributed by atoms with van der Waals surface area (Å²) in [5.41, 5.74) is 8.45. The van der Waals surface area contributed by atoms with Gasteiger partial charge < -0.3 is 10.3 Å². The van der Waals surface area contributed by atoms with Crippen LogP contribution in [0.3, 0.4) is 0 Å². The summed E-state index contributed by atoms with van der Waals surface area (Å²) in [4.78, 5) is 4.49. The van der Waals surface area contributed by atoms with Gasteiger partial charge in [0, 0.05) is 12.0 Å². The van der Waals surface area contributed by atoms with E-state index in [1.54, 1.807) is 0 Å². The molecule has 3 heteroatoms. The molecule has 1 aliphatic carbocycles. The van der Waals surface area contributed by atoms with E-state index >= 15 is 0 Å². The van der Waals surface area contributed by atoms with Crippen molar-refractivity contribution in [3.63, 3.8) is 0 Å². The highest BCUT2D eigenvalue weighted by molar-refractivity contribution is 5.43. The number of rotatable bonds is 3. The van der Waals surface area contributed by atoms with Gasteiger partial charge in [-0.3, -0.25) is 0 Å². The van der Waals surface area contributed by atoms with Gasteiger partial charge in [-0.2, -0.15) is 0 Å². The Labute approximate surface area is 101 Å². The fourth-order valence-electron chi connectivity index (χ4n) is 2.26. The number of nitrogens with zero attached hydrogens (tertiary/aromatic N) is 2. The number of imidazole rings is 1. The monoisotopic (exact) mass is 227 g/mol. The highest BCUT2D eigenvalue weighted by Crippen LogP contribution is 2.39. The molecule has 2 aromatic rings. The Hall–Kier alpha value is -1.77. The third-order valence-corrected chi connectivity index (χ3v) is 3.51. The Kier molecular flexibility index (Phi) is 2.39. The molecule has 1 heterocycles. The van der Waals surface area contributed by atoms with Gasteiger partial charge in [0.2, 0.25) is 0 Å². The van der Waals surface area contributed by atoms with Crippen molar-refractivity contribution >= 4 is 5.82 Å². The first-order valence-electron chi connectivity index (χ1n) is 6.14. The van der Waals surface area contributed by atoms with E-state index in [9.17, 15) is 0 Å². The molecule has 1 fully saturated rings. The van der Waals surface area contributed by atoms with Crippen molar-refractivity contribution in [2.75, 3.05) is 5.73 Å². The third-order valence-electron chi connectivity index (χ3n) is 3.51. The quantitative estimate of drug-likeness (QED) is 0.876. The first-order chi connectivity index (χ1) is 8.27. The summed E-state index contributed by atoms with van der Waals surface area (Å²) in [6.45, 7) is 2.16. The van der Waals surface area contributed by atoms with E-state index in [2.05, 4.69) is 40.7 Å². The van der Waals surface area contributed by atoms with Gasteiger partial charge in [0.25, 0.3) is 0 Å². The van der Waals surface area contributed by atoms with Crippen molar-refractivity contribution in [2.45, 2.75) is 31.7 Å². The van der Waals surface area contributed by atoms with E-state index < -0.39 is 0 Å². The number of hydrogen-bond donors (Lipinski definition) is 1. The van der Waals surface area contributed by atoms with E-state index in [1.165, 1.54) is 18.4 Å². The Morgan fingerprint density at radius 1 is 1.29 bits per heavy atom. The summed E-state index contributed by atoms with van der Waals surface area (Å²) in [7, 11) is 0. The molecule has 1 unspecified atom stereocenters. The van der Waals surface area contributed by atoms with Crippen LogP contribution in [0, 0.1) is 0 Å². The van der Waals surface area contributed by atoms with Gasteiger partial charge in [0.15, 0.2) is 0 Å². The number of anilines is 1. The van der Waals surface area contributed by atoms with Crippen molar-refractivity contribution < 1.29 is 0 Å². The molecule has 0 bridgehead atoms. The van der Waals surface area contributed by atoms with E-state index in [1.807, 2.05) is 12.4 Å². The molecule has 1 aromatic heterocycles. The standard InChI is InChI=1S/C14H17N3/c1-10(11-5-3-2-4-6-11)13-14(15)17(9-16-13)12-7-8-12/h2-6,9-10,12H,7-8,15H2,1H3. The minimum atomic E-state index is 0.260. The fraction of sp³-hybridized carbons (Fsp3) is 0.357. The van der Waals surface area contributed by atoms with Crippen LogP contribution in [0.1, 0.15) is 43.0 Å². The van der Waals surface area contributed by atoms with Crippen LogP contribution in [-0.4, -0.2) is 9.55 Å². The van der Waals surface area contributed by atoms with Crippen LogP contribution >= 0.6 is 0 Å². The van der Waals surface area contributed by atoms with Crippen molar-refractivity contribution in [3.05, 3.63) is 47.9 Å². The van der Waals surface area contributed by atoms with Gasteiger partial charge in [-0.15, -0.1) is 0 Å². The molecule has 2 N–H and O–H groups in total. The molecule has 88 valence electrons. The van der Waals surface area contributed by atoms with Crippen LogP contribution in [0.5, 0.6) is 0 Å². The lowest BCUT2D eigenvalue weighted by molar-refractivity contribution is 0.749. The maximum atomic E-state index is 6.18. The third kappa shape index (κ3) is 1.82. The van der Waals surface area contributed by atoms with Crippen LogP contribution in [0.15, 0.2) is 36.7 Å². The molecular formula is C14H17N3. The summed E-state index contributed by atoms with van der Waals surface area (Å²) in [5, 5.41) is 0. The maximum Gasteiger partial charge on any atom is 0.127 e. The average Bonchev–Trinajstić information content (AvgIpc) is 3.13. The van der Waals surface area contributed by atoms with E-state index in [4.69, 9.17) is 5.73 Å². The van der Waals surface area contributed by atoms with Gasteiger partial charge >= 0.3 is 0 Å². The topological polar surface area (TPSA) is 43.8 Å². The molecule has 3 nitrogen and oxygen atoms in total. The highest BCUT2D eigenvalue weighted by Gasteiger charge is 2.27. The average molecular weight is 227 g/mol. The van der Waals surface area contributed by atoms with E-state index in [-0.39, 0.29) is 5.92 Å². The van der Waals surface area contributed by atoms with Crippen LogP contribution in [0.25, 0.3) is 0 Å². The second-order valence-electron chi connectivity index (χ2n) is 4.79. The predicted octanol–water partition coefficient (Wildman–Crippen LogP) is 2.95. The van der Waals surface area contributed by atoms with E-state index in [0.717, 1.165) is 11.5 Å². The largest absolute Gasteiger partial charge is 0.384 e. The summed E-state index contributed by atoms with van der Waals surface area (Å²) >= 11 is 0. The zero-order valence-electron chi connectivity index (χ0n) is 10.0. The van der Waals surface area contributed by atoms with Crippen molar-refractivity contribution in [3.8, 4) is 0 Å². The number of nitrogen functional groups attached to an aromatic ring is 1. The lowest BCUT2D eigenvalue weighted by atomic mass is 9.98. The molecule has 17 heavy (non-hydrogen) atoms.